The minimum absolute atomic E-state index is 0.224. The summed E-state index contributed by atoms with van der Waals surface area (Å²) in [5.74, 6) is 0.224. The average Bonchev–Trinajstić information content (AvgIpc) is 2.15. The SMILES string of the molecule is CC[C@]1(C)CCNC(=O)CC1. The molecular weight excluding hydrogens is 138 g/mol. The van der Waals surface area contributed by atoms with Crippen LogP contribution in [0, 0.1) is 5.41 Å². The molecule has 0 aromatic heterocycles. The van der Waals surface area contributed by atoms with E-state index in [0.29, 0.717) is 11.8 Å². The summed E-state index contributed by atoms with van der Waals surface area (Å²) in [5.41, 5.74) is 0.402. The highest BCUT2D eigenvalue weighted by atomic mass is 16.1. The van der Waals surface area contributed by atoms with Crippen molar-refractivity contribution in [2.24, 2.45) is 5.41 Å². The van der Waals surface area contributed by atoms with Crippen LogP contribution in [0.3, 0.4) is 0 Å². The van der Waals surface area contributed by atoms with E-state index in [4.69, 9.17) is 0 Å². The summed E-state index contributed by atoms with van der Waals surface area (Å²) in [4.78, 5) is 11.0. The molecule has 11 heavy (non-hydrogen) atoms. The largest absolute Gasteiger partial charge is 0.356 e. The highest BCUT2D eigenvalue weighted by Crippen LogP contribution is 2.32. The Morgan fingerprint density at radius 3 is 2.91 bits per heavy atom. The Bertz CT molecular complexity index is 156. The van der Waals surface area contributed by atoms with E-state index in [9.17, 15) is 4.79 Å². The van der Waals surface area contributed by atoms with Gasteiger partial charge in [0.1, 0.15) is 0 Å². The van der Waals surface area contributed by atoms with Crippen LogP contribution in [0.15, 0.2) is 0 Å². The van der Waals surface area contributed by atoms with Gasteiger partial charge in [-0.25, -0.2) is 0 Å². The third-order valence-corrected chi connectivity index (χ3v) is 2.86. The number of hydrogen-bond acceptors (Lipinski definition) is 1. The first-order valence-corrected chi connectivity index (χ1v) is 4.43. The second kappa shape index (κ2) is 3.24. The van der Waals surface area contributed by atoms with E-state index in [-0.39, 0.29) is 5.91 Å². The van der Waals surface area contributed by atoms with Gasteiger partial charge in [-0.15, -0.1) is 0 Å². The second-order valence-electron chi connectivity index (χ2n) is 3.76. The first-order chi connectivity index (χ1) is 5.16. The normalized spacial score (nSPS) is 32.7. The van der Waals surface area contributed by atoms with Crippen LogP contribution in [0.4, 0.5) is 0 Å². The lowest BCUT2D eigenvalue weighted by Crippen LogP contribution is -2.22. The van der Waals surface area contributed by atoms with Crippen molar-refractivity contribution in [2.45, 2.75) is 39.5 Å². The maximum atomic E-state index is 11.0. The number of carbonyl (C=O) groups is 1. The highest BCUT2D eigenvalue weighted by Gasteiger charge is 2.25. The standard InChI is InChI=1S/C9H17NO/c1-3-9(2)5-4-8(11)10-7-6-9/h3-7H2,1-2H3,(H,10,11)/t9-/m0/s1. The van der Waals surface area contributed by atoms with E-state index in [1.54, 1.807) is 0 Å². The summed E-state index contributed by atoms with van der Waals surface area (Å²) >= 11 is 0. The zero-order valence-corrected chi connectivity index (χ0v) is 7.44. The van der Waals surface area contributed by atoms with E-state index in [1.807, 2.05) is 0 Å². The van der Waals surface area contributed by atoms with Gasteiger partial charge in [0, 0.05) is 13.0 Å². The van der Waals surface area contributed by atoms with Crippen molar-refractivity contribution in [3.8, 4) is 0 Å². The molecule has 1 aliphatic heterocycles. The predicted molar refractivity (Wildman–Crippen MR) is 45.3 cm³/mol. The third kappa shape index (κ3) is 2.21. The summed E-state index contributed by atoms with van der Waals surface area (Å²) in [7, 11) is 0. The zero-order valence-electron chi connectivity index (χ0n) is 7.44. The Balaban J connectivity index is 2.52. The van der Waals surface area contributed by atoms with Crippen LogP contribution in [-0.2, 0) is 4.79 Å². The van der Waals surface area contributed by atoms with Gasteiger partial charge in [-0.05, 0) is 18.3 Å². The molecular formula is C9H17NO. The van der Waals surface area contributed by atoms with E-state index in [2.05, 4.69) is 19.2 Å². The Hall–Kier alpha value is -0.530. The number of rotatable bonds is 1. The van der Waals surface area contributed by atoms with E-state index in [1.165, 1.54) is 6.42 Å². The summed E-state index contributed by atoms with van der Waals surface area (Å²) in [5, 5.41) is 2.90. The van der Waals surface area contributed by atoms with Crippen LogP contribution in [0.25, 0.3) is 0 Å². The lowest BCUT2D eigenvalue weighted by Gasteiger charge is -2.24. The molecule has 1 amide bonds. The molecule has 1 N–H and O–H groups in total. The van der Waals surface area contributed by atoms with Crippen LogP contribution in [-0.4, -0.2) is 12.5 Å². The molecule has 2 nitrogen and oxygen atoms in total. The van der Waals surface area contributed by atoms with Gasteiger partial charge < -0.3 is 5.32 Å². The summed E-state index contributed by atoms with van der Waals surface area (Å²) in [6.45, 7) is 5.34. The molecule has 1 rings (SSSR count). The van der Waals surface area contributed by atoms with Gasteiger partial charge in [-0.2, -0.15) is 0 Å². The lowest BCUT2D eigenvalue weighted by molar-refractivity contribution is -0.120. The van der Waals surface area contributed by atoms with Crippen molar-refractivity contribution in [1.82, 2.24) is 5.32 Å². The monoisotopic (exact) mass is 155 g/mol. The Morgan fingerprint density at radius 1 is 1.55 bits per heavy atom. The van der Waals surface area contributed by atoms with Crippen LogP contribution in [0.5, 0.6) is 0 Å². The Kier molecular flexibility index (Phi) is 2.53. The fourth-order valence-electron chi connectivity index (χ4n) is 1.49. The van der Waals surface area contributed by atoms with Crippen LogP contribution in [0.2, 0.25) is 0 Å². The predicted octanol–water partition coefficient (Wildman–Crippen LogP) is 1.70. The molecule has 1 fully saturated rings. The van der Waals surface area contributed by atoms with Gasteiger partial charge in [0.15, 0.2) is 0 Å². The van der Waals surface area contributed by atoms with Crippen LogP contribution in [0.1, 0.15) is 39.5 Å². The molecule has 1 heterocycles. The number of amides is 1. The Morgan fingerprint density at radius 2 is 2.27 bits per heavy atom. The molecule has 0 saturated carbocycles. The molecule has 1 aliphatic rings. The molecule has 0 aromatic rings. The van der Waals surface area contributed by atoms with Crippen molar-refractivity contribution in [2.75, 3.05) is 6.54 Å². The summed E-state index contributed by atoms with van der Waals surface area (Å²) in [6.07, 6.45) is 4.08. The van der Waals surface area contributed by atoms with Crippen LogP contribution < -0.4 is 5.32 Å². The van der Waals surface area contributed by atoms with Crippen molar-refractivity contribution in [3.05, 3.63) is 0 Å². The molecule has 0 unspecified atom stereocenters. The fraction of sp³-hybridized carbons (Fsp3) is 0.889. The van der Waals surface area contributed by atoms with E-state index < -0.39 is 0 Å². The molecule has 1 atom stereocenters. The maximum Gasteiger partial charge on any atom is 0.220 e. The molecule has 64 valence electrons. The van der Waals surface area contributed by atoms with E-state index >= 15 is 0 Å². The van der Waals surface area contributed by atoms with Crippen molar-refractivity contribution in [1.29, 1.82) is 0 Å². The molecule has 0 bridgehead atoms. The average molecular weight is 155 g/mol. The molecule has 1 saturated heterocycles. The minimum atomic E-state index is 0.224. The quantitative estimate of drug-likeness (QED) is 0.613. The highest BCUT2D eigenvalue weighted by molar-refractivity contribution is 5.76. The van der Waals surface area contributed by atoms with Gasteiger partial charge in [0.05, 0.1) is 0 Å². The van der Waals surface area contributed by atoms with Crippen molar-refractivity contribution >= 4 is 5.91 Å². The van der Waals surface area contributed by atoms with Gasteiger partial charge in [0.25, 0.3) is 0 Å². The second-order valence-corrected chi connectivity index (χ2v) is 3.76. The smallest absolute Gasteiger partial charge is 0.220 e. The summed E-state index contributed by atoms with van der Waals surface area (Å²) in [6, 6.07) is 0. The summed E-state index contributed by atoms with van der Waals surface area (Å²) < 4.78 is 0. The zero-order chi connectivity index (χ0) is 8.32. The van der Waals surface area contributed by atoms with Gasteiger partial charge in [-0.1, -0.05) is 20.3 Å². The number of nitrogens with one attached hydrogen (secondary N) is 1. The Labute approximate surface area is 68.4 Å². The maximum absolute atomic E-state index is 11.0. The third-order valence-electron chi connectivity index (χ3n) is 2.86. The van der Waals surface area contributed by atoms with Gasteiger partial charge in [-0.3, -0.25) is 4.79 Å². The lowest BCUT2D eigenvalue weighted by atomic mass is 9.80. The van der Waals surface area contributed by atoms with Crippen LogP contribution >= 0.6 is 0 Å². The first kappa shape index (κ1) is 8.57. The minimum Gasteiger partial charge on any atom is -0.356 e. The molecule has 0 aliphatic carbocycles. The molecule has 0 radical (unpaired) electrons. The topological polar surface area (TPSA) is 29.1 Å². The van der Waals surface area contributed by atoms with Crippen molar-refractivity contribution < 1.29 is 4.79 Å². The van der Waals surface area contributed by atoms with E-state index in [0.717, 1.165) is 19.4 Å². The van der Waals surface area contributed by atoms with Gasteiger partial charge >= 0.3 is 0 Å². The fourth-order valence-corrected chi connectivity index (χ4v) is 1.49. The first-order valence-electron chi connectivity index (χ1n) is 4.43. The molecule has 2 heteroatoms. The number of hydrogen-bond donors (Lipinski definition) is 1. The molecule has 0 aromatic carbocycles. The number of carbonyl (C=O) groups excluding carboxylic acids is 1. The molecule has 0 spiro atoms. The van der Waals surface area contributed by atoms with Crippen molar-refractivity contribution in [3.63, 3.8) is 0 Å². The van der Waals surface area contributed by atoms with Gasteiger partial charge in [0.2, 0.25) is 5.91 Å².